The van der Waals surface area contributed by atoms with Gasteiger partial charge in [0.1, 0.15) is 0 Å². The zero-order valence-electron chi connectivity index (χ0n) is 17.8. The van der Waals surface area contributed by atoms with Crippen LogP contribution < -0.4 is 21.1 Å². The summed E-state index contributed by atoms with van der Waals surface area (Å²) in [6.07, 6.45) is 13.5. The molecule has 5 rings (SSSR count). The number of allylic oxidation sites excluding steroid dienone is 4. The third-order valence-electron chi connectivity index (χ3n) is 6.30. The number of aromatic nitrogens is 1. The van der Waals surface area contributed by atoms with Crippen molar-refractivity contribution in [1.29, 1.82) is 0 Å². The van der Waals surface area contributed by atoms with E-state index in [9.17, 15) is 0 Å². The Kier molecular flexibility index (Phi) is 5.16. The summed E-state index contributed by atoms with van der Waals surface area (Å²) >= 11 is 10.1. The fourth-order valence-corrected chi connectivity index (χ4v) is 5.79. The maximum absolute atomic E-state index is 6.45. The van der Waals surface area contributed by atoms with Crippen molar-refractivity contribution in [2.45, 2.75) is 26.7 Å². The largest absolute Gasteiger partial charge is 0.309 e. The van der Waals surface area contributed by atoms with Gasteiger partial charge in [-0.25, -0.2) is 0 Å². The second-order valence-corrected chi connectivity index (χ2v) is 9.34. The van der Waals surface area contributed by atoms with E-state index in [1.165, 1.54) is 43.4 Å². The first-order valence-electron chi connectivity index (χ1n) is 10.6. The zero-order chi connectivity index (χ0) is 21.7. The van der Waals surface area contributed by atoms with Crippen LogP contribution in [0.1, 0.15) is 37.8 Å². The Morgan fingerprint density at radius 3 is 2.61 bits per heavy atom. The highest BCUT2D eigenvalue weighted by atomic mass is 79.9. The number of halogens is 2. The van der Waals surface area contributed by atoms with Gasteiger partial charge in [-0.2, -0.15) is 0 Å². The minimum atomic E-state index is 0.347. The van der Waals surface area contributed by atoms with Gasteiger partial charge in [0.2, 0.25) is 0 Å². The van der Waals surface area contributed by atoms with Crippen molar-refractivity contribution in [2.75, 3.05) is 0 Å². The highest BCUT2D eigenvalue weighted by molar-refractivity contribution is 9.10. The molecule has 0 fully saturated rings. The summed E-state index contributed by atoms with van der Waals surface area (Å²) < 4.78 is 3.30. The Hall–Kier alpha value is -2.55. The van der Waals surface area contributed by atoms with E-state index in [1.807, 2.05) is 12.1 Å². The maximum atomic E-state index is 6.45. The van der Waals surface area contributed by atoms with Crippen molar-refractivity contribution in [1.82, 2.24) is 4.57 Å². The molecular weight excluding hydrogens is 466 g/mol. The van der Waals surface area contributed by atoms with E-state index in [0.717, 1.165) is 10.2 Å². The number of fused-ring (bicyclic) bond motifs is 3. The Bertz CT molecular complexity index is 1510. The van der Waals surface area contributed by atoms with E-state index in [1.54, 1.807) is 0 Å². The van der Waals surface area contributed by atoms with E-state index >= 15 is 0 Å². The molecule has 1 atom stereocenters. The molecule has 0 saturated heterocycles. The van der Waals surface area contributed by atoms with Gasteiger partial charge in [0.05, 0.1) is 5.35 Å². The highest BCUT2D eigenvalue weighted by Gasteiger charge is 2.26. The monoisotopic (exact) mass is 487 g/mol. The summed E-state index contributed by atoms with van der Waals surface area (Å²) in [6.45, 7) is 6.51. The van der Waals surface area contributed by atoms with Crippen molar-refractivity contribution in [3.63, 3.8) is 0 Å². The topological polar surface area (TPSA) is 4.93 Å². The van der Waals surface area contributed by atoms with Gasteiger partial charge in [-0.15, -0.1) is 0 Å². The predicted molar refractivity (Wildman–Crippen MR) is 137 cm³/mol. The second-order valence-electron chi connectivity index (χ2n) is 7.99. The van der Waals surface area contributed by atoms with Gasteiger partial charge in [-0.05, 0) is 60.4 Å². The van der Waals surface area contributed by atoms with Crippen LogP contribution in [0, 0.1) is 0 Å². The molecule has 0 radical (unpaired) electrons. The molecule has 2 aliphatic carbocycles. The number of nitrogens with zero attached hydrogens (tertiary/aromatic N) is 1. The lowest BCUT2D eigenvalue weighted by Crippen LogP contribution is -2.37. The average Bonchev–Trinajstić information content (AvgIpc) is 3.17. The molecule has 0 N–H and O–H groups in total. The third-order valence-corrected chi connectivity index (χ3v) is 6.98. The number of benzene rings is 2. The van der Waals surface area contributed by atoms with Crippen molar-refractivity contribution >= 4 is 57.4 Å². The Balaban J connectivity index is 1.94. The van der Waals surface area contributed by atoms with E-state index in [-0.39, 0.29) is 0 Å². The molecule has 154 valence electrons. The van der Waals surface area contributed by atoms with Crippen molar-refractivity contribution in [3.05, 3.63) is 102 Å². The molecule has 3 aromatic rings. The lowest BCUT2D eigenvalue weighted by molar-refractivity contribution is 0.945. The minimum Gasteiger partial charge on any atom is -0.309 e. The number of hydrogen-bond donors (Lipinski definition) is 0. The third kappa shape index (κ3) is 3.21. The van der Waals surface area contributed by atoms with Crippen LogP contribution in [0.2, 0.25) is 5.02 Å². The lowest BCUT2D eigenvalue weighted by atomic mass is 9.97. The SMILES string of the molecule is C/C=c1/c2/c(n(-c3cc(Cl)cc(Br)c3)/c1=C/C)=C\C1=C(C=CC=2)c2ccccc2C1C. The average molecular weight is 489 g/mol. The molecule has 0 spiro atoms. The summed E-state index contributed by atoms with van der Waals surface area (Å²) in [6, 6.07) is 14.8. The van der Waals surface area contributed by atoms with Crippen LogP contribution in [0.3, 0.4) is 0 Å². The van der Waals surface area contributed by atoms with Gasteiger partial charge >= 0.3 is 0 Å². The minimum absolute atomic E-state index is 0.347. The van der Waals surface area contributed by atoms with Crippen molar-refractivity contribution < 1.29 is 0 Å². The van der Waals surface area contributed by atoms with Gasteiger partial charge < -0.3 is 4.57 Å². The fraction of sp³-hybridized carbons (Fsp3) is 0.143. The molecule has 1 heterocycles. The predicted octanol–water partition coefficient (Wildman–Crippen LogP) is 5.20. The number of hydrogen-bond acceptors (Lipinski definition) is 0. The standard InChI is InChI=1S/C28H23BrClN/c1-4-21-25-12-8-11-24-23-10-7-6-9-22(23)17(3)26(24)16-28(25)31(27(21)5-2)20-14-18(29)13-19(30)15-20/h4-17H,1-3H3/b11-8?,12-8?,21-4-,24-11?,25-12?,26-16?,27-5+,28-16+. The summed E-state index contributed by atoms with van der Waals surface area (Å²) in [5.74, 6) is 0.347. The van der Waals surface area contributed by atoms with Crippen LogP contribution in [0.15, 0.2) is 64.7 Å². The Labute approximate surface area is 195 Å². The van der Waals surface area contributed by atoms with E-state index in [0.29, 0.717) is 10.9 Å². The van der Waals surface area contributed by atoms with Gasteiger partial charge in [0, 0.05) is 36.9 Å². The molecular formula is C28H23BrClN. The Morgan fingerprint density at radius 1 is 1.06 bits per heavy atom. The first-order chi connectivity index (χ1) is 15.0. The normalized spacial score (nSPS) is 19.3. The van der Waals surface area contributed by atoms with Crippen LogP contribution in [0.25, 0.3) is 35.6 Å². The summed E-state index contributed by atoms with van der Waals surface area (Å²) in [7, 11) is 0. The molecule has 2 aromatic carbocycles. The summed E-state index contributed by atoms with van der Waals surface area (Å²) in [5, 5.41) is 5.55. The van der Waals surface area contributed by atoms with Gasteiger partial charge in [-0.3, -0.25) is 0 Å². The first-order valence-corrected chi connectivity index (χ1v) is 11.7. The van der Waals surface area contributed by atoms with Crippen molar-refractivity contribution in [2.24, 2.45) is 0 Å². The van der Waals surface area contributed by atoms with Crippen molar-refractivity contribution in [3.8, 4) is 5.69 Å². The van der Waals surface area contributed by atoms with E-state index in [4.69, 9.17) is 11.6 Å². The zero-order valence-corrected chi connectivity index (χ0v) is 20.1. The smallest absolute Gasteiger partial charge is 0.0544 e. The van der Waals surface area contributed by atoms with Gasteiger partial charge in [0.25, 0.3) is 0 Å². The number of rotatable bonds is 1. The van der Waals surface area contributed by atoms with Crippen LogP contribution in [-0.2, 0) is 0 Å². The molecule has 31 heavy (non-hydrogen) atoms. The Morgan fingerprint density at radius 2 is 1.87 bits per heavy atom. The van der Waals surface area contributed by atoms with Crippen LogP contribution in [-0.4, -0.2) is 4.57 Å². The fourth-order valence-electron chi connectivity index (χ4n) is 4.95. The molecule has 3 heteroatoms. The van der Waals surface area contributed by atoms with E-state index in [2.05, 4.69) is 108 Å². The summed E-state index contributed by atoms with van der Waals surface area (Å²) in [5.41, 5.74) is 6.45. The highest BCUT2D eigenvalue weighted by Crippen LogP contribution is 2.43. The maximum Gasteiger partial charge on any atom is 0.0544 e. The van der Waals surface area contributed by atoms with Crippen LogP contribution in [0.4, 0.5) is 0 Å². The molecule has 0 aliphatic heterocycles. The van der Waals surface area contributed by atoms with Crippen LogP contribution in [0.5, 0.6) is 0 Å². The summed E-state index contributed by atoms with van der Waals surface area (Å²) in [4.78, 5) is 0. The van der Waals surface area contributed by atoms with E-state index < -0.39 is 0 Å². The second kappa shape index (κ2) is 7.85. The quantitative estimate of drug-likeness (QED) is 0.444. The molecule has 0 saturated carbocycles. The molecule has 1 aromatic heterocycles. The van der Waals surface area contributed by atoms with Gasteiger partial charge in [0.15, 0.2) is 0 Å². The molecule has 2 aliphatic rings. The lowest BCUT2D eigenvalue weighted by Gasteiger charge is -2.11. The van der Waals surface area contributed by atoms with Crippen LogP contribution >= 0.6 is 27.5 Å². The first kappa shape index (κ1) is 20.4. The molecule has 0 bridgehead atoms. The molecule has 1 unspecified atom stereocenters. The molecule has 1 nitrogen and oxygen atoms in total. The molecule has 0 amide bonds. The van der Waals surface area contributed by atoms with Gasteiger partial charge in [-0.1, -0.05) is 89.1 Å².